The highest BCUT2D eigenvalue weighted by Crippen LogP contribution is 2.16. The molecule has 8 heteroatoms. The number of hydrogen-bond acceptors (Lipinski definition) is 5. The Balaban J connectivity index is 1.74. The summed E-state index contributed by atoms with van der Waals surface area (Å²) in [6, 6.07) is 4.98. The van der Waals surface area contributed by atoms with Gasteiger partial charge < -0.3 is 4.74 Å². The lowest BCUT2D eigenvalue weighted by atomic mass is 10.2. The molecule has 3 aromatic rings. The maximum atomic E-state index is 13.6. The van der Waals surface area contributed by atoms with Crippen LogP contribution in [0.5, 0.6) is 6.01 Å². The van der Waals surface area contributed by atoms with Crippen LogP contribution in [-0.4, -0.2) is 25.0 Å². The van der Waals surface area contributed by atoms with Gasteiger partial charge in [0.2, 0.25) is 0 Å². The number of benzene rings is 1. The SMILES string of the molecule is Cc1c(F)cccc1-n1cc(COc2ncc(Cl)cn2)nn1. The minimum absolute atomic E-state index is 0.149. The first kappa shape index (κ1) is 14.4. The molecule has 0 saturated heterocycles. The zero-order chi connectivity index (χ0) is 15.5. The van der Waals surface area contributed by atoms with Gasteiger partial charge in [0.25, 0.3) is 0 Å². The van der Waals surface area contributed by atoms with E-state index in [9.17, 15) is 4.39 Å². The predicted molar refractivity (Wildman–Crippen MR) is 77.4 cm³/mol. The summed E-state index contributed by atoms with van der Waals surface area (Å²) < 4.78 is 20.4. The smallest absolute Gasteiger partial charge is 0.316 e. The number of nitrogens with zero attached hydrogens (tertiary/aromatic N) is 5. The van der Waals surface area contributed by atoms with E-state index in [4.69, 9.17) is 16.3 Å². The predicted octanol–water partition coefficient (Wildman–Crippen LogP) is 2.74. The highest BCUT2D eigenvalue weighted by molar-refractivity contribution is 6.30. The highest BCUT2D eigenvalue weighted by atomic mass is 35.5. The Morgan fingerprint density at radius 2 is 2.05 bits per heavy atom. The van der Waals surface area contributed by atoms with Crippen LogP contribution in [0.4, 0.5) is 4.39 Å². The monoisotopic (exact) mass is 319 g/mol. The molecule has 22 heavy (non-hydrogen) atoms. The van der Waals surface area contributed by atoms with E-state index < -0.39 is 0 Å². The normalized spacial score (nSPS) is 10.7. The van der Waals surface area contributed by atoms with Gasteiger partial charge in [-0.1, -0.05) is 22.9 Å². The van der Waals surface area contributed by atoms with E-state index >= 15 is 0 Å². The molecule has 0 saturated carbocycles. The molecule has 0 aliphatic rings. The molecule has 0 aliphatic carbocycles. The largest absolute Gasteiger partial charge is 0.457 e. The third kappa shape index (κ3) is 3.04. The van der Waals surface area contributed by atoms with Gasteiger partial charge in [0.15, 0.2) is 0 Å². The maximum absolute atomic E-state index is 13.6. The zero-order valence-corrected chi connectivity index (χ0v) is 12.3. The summed E-state index contributed by atoms with van der Waals surface area (Å²) in [6.45, 7) is 1.83. The molecule has 112 valence electrons. The van der Waals surface area contributed by atoms with Crippen LogP contribution in [0.3, 0.4) is 0 Å². The summed E-state index contributed by atoms with van der Waals surface area (Å²) in [7, 11) is 0. The second kappa shape index (κ2) is 6.07. The molecule has 0 amide bonds. The van der Waals surface area contributed by atoms with Crippen molar-refractivity contribution in [1.82, 2.24) is 25.0 Å². The van der Waals surface area contributed by atoms with Crippen LogP contribution in [0.1, 0.15) is 11.3 Å². The van der Waals surface area contributed by atoms with Crippen molar-refractivity contribution in [2.75, 3.05) is 0 Å². The number of halogens is 2. The van der Waals surface area contributed by atoms with E-state index in [1.807, 2.05) is 0 Å². The van der Waals surface area contributed by atoms with E-state index in [1.165, 1.54) is 23.1 Å². The summed E-state index contributed by atoms with van der Waals surface area (Å²) in [5.74, 6) is -0.291. The van der Waals surface area contributed by atoms with E-state index in [2.05, 4.69) is 20.3 Å². The van der Waals surface area contributed by atoms with Crippen molar-refractivity contribution in [3.05, 3.63) is 58.9 Å². The second-order valence-corrected chi connectivity index (χ2v) is 4.95. The van der Waals surface area contributed by atoms with E-state index in [0.717, 1.165) is 0 Å². The van der Waals surface area contributed by atoms with Gasteiger partial charge in [-0.3, -0.25) is 0 Å². The number of ether oxygens (including phenoxy) is 1. The topological polar surface area (TPSA) is 65.7 Å². The van der Waals surface area contributed by atoms with Crippen LogP contribution in [0, 0.1) is 12.7 Å². The minimum atomic E-state index is -0.291. The van der Waals surface area contributed by atoms with Crippen LogP contribution >= 0.6 is 11.6 Å². The fourth-order valence-corrected chi connectivity index (χ4v) is 1.94. The Morgan fingerprint density at radius 1 is 1.27 bits per heavy atom. The third-order valence-electron chi connectivity index (χ3n) is 2.97. The average Bonchev–Trinajstić information content (AvgIpc) is 2.98. The molecule has 1 aromatic carbocycles. The standard InChI is InChI=1S/C14H11ClFN5O/c1-9-12(16)3-2-4-13(9)21-7-11(19-20-21)8-22-14-17-5-10(15)6-18-14/h2-7H,8H2,1H3. The molecule has 0 unspecified atom stereocenters. The molecule has 0 spiro atoms. The first-order valence-electron chi connectivity index (χ1n) is 6.40. The molecule has 0 radical (unpaired) electrons. The van der Waals surface area contributed by atoms with Gasteiger partial charge in [0.1, 0.15) is 18.1 Å². The molecule has 0 bridgehead atoms. The lowest BCUT2D eigenvalue weighted by Crippen LogP contribution is -2.00. The molecule has 3 rings (SSSR count). The van der Waals surface area contributed by atoms with Crippen LogP contribution < -0.4 is 4.74 Å². The Hall–Kier alpha value is -2.54. The highest BCUT2D eigenvalue weighted by Gasteiger charge is 2.09. The molecule has 2 aromatic heterocycles. The number of hydrogen-bond donors (Lipinski definition) is 0. The third-order valence-corrected chi connectivity index (χ3v) is 3.17. The first-order chi connectivity index (χ1) is 10.6. The van der Waals surface area contributed by atoms with E-state index in [1.54, 1.807) is 25.3 Å². The van der Waals surface area contributed by atoms with Gasteiger partial charge in [-0.2, -0.15) is 0 Å². The quantitative estimate of drug-likeness (QED) is 0.739. The van der Waals surface area contributed by atoms with Crippen molar-refractivity contribution in [2.24, 2.45) is 0 Å². The summed E-state index contributed by atoms with van der Waals surface area (Å²) in [5.41, 5.74) is 1.70. The lowest BCUT2D eigenvalue weighted by Gasteiger charge is -2.04. The van der Waals surface area contributed by atoms with Crippen molar-refractivity contribution in [3.63, 3.8) is 0 Å². The summed E-state index contributed by atoms with van der Waals surface area (Å²) in [6.07, 6.45) is 4.55. The van der Waals surface area contributed by atoms with Gasteiger partial charge in [0.05, 0.1) is 29.3 Å². The fraction of sp³-hybridized carbons (Fsp3) is 0.143. The number of rotatable bonds is 4. The number of aromatic nitrogens is 5. The molecule has 0 fully saturated rings. The van der Waals surface area contributed by atoms with E-state index in [-0.39, 0.29) is 18.4 Å². The van der Waals surface area contributed by atoms with Gasteiger partial charge in [-0.15, -0.1) is 5.10 Å². The van der Waals surface area contributed by atoms with Crippen molar-refractivity contribution in [2.45, 2.75) is 13.5 Å². The molecule has 0 atom stereocenters. The van der Waals surface area contributed by atoms with Crippen LogP contribution in [0.15, 0.2) is 36.8 Å². The summed E-state index contributed by atoms with van der Waals surface area (Å²) >= 11 is 5.69. The van der Waals surface area contributed by atoms with E-state index in [0.29, 0.717) is 22.0 Å². The second-order valence-electron chi connectivity index (χ2n) is 4.51. The maximum Gasteiger partial charge on any atom is 0.316 e. The summed E-state index contributed by atoms with van der Waals surface area (Å²) in [4.78, 5) is 7.83. The van der Waals surface area contributed by atoms with Crippen LogP contribution in [0.25, 0.3) is 5.69 Å². The Labute approximate surface area is 130 Å². The van der Waals surface area contributed by atoms with Gasteiger partial charge >= 0.3 is 6.01 Å². The van der Waals surface area contributed by atoms with Gasteiger partial charge in [0, 0.05) is 5.56 Å². The molecular weight excluding hydrogens is 309 g/mol. The fourth-order valence-electron chi connectivity index (χ4n) is 1.84. The zero-order valence-electron chi connectivity index (χ0n) is 11.6. The molecule has 6 nitrogen and oxygen atoms in total. The first-order valence-corrected chi connectivity index (χ1v) is 6.78. The Bertz CT molecular complexity index is 790. The minimum Gasteiger partial charge on any atom is -0.457 e. The van der Waals surface area contributed by atoms with Crippen molar-refractivity contribution in [1.29, 1.82) is 0 Å². The van der Waals surface area contributed by atoms with Crippen molar-refractivity contribution in [3.8, 4) is 11.7 Å². The van der Waals surface area contributed by atoms with Gasteiger partial charge in [-0.05, 0) is 19.1 Å². The van der Waals surface area contributed by atoms with Crippen LogP contribution in [0.2, 0.25) is 5.02 Å². The average molecular weight is 320 g/mol. The molecule has 0 aliphatic heterocycles. The molecule has 0 N–H and O–H groups in total. The lowest BCUT2D eigenvalue weighted by molar-refractivity contribution is 0.276. The molecular formula is C14H11ClFN5O. The Morgan fingerprint density at radius 3 is 2.82 bits per heavy atom. The molecule has 2 heterocycles. The summed E-state index contributed by atoms with van der Waals surface area (Å²) in [5, 5.41) is 8.38. The van der Waals surface area contributed by atoms with Crippen LogP contribution in [-0.2, 0) is 6.61 Å². The van der Waals surface area contributed by atoms with Crippen molar-refractivity contribution >= 4 is 11.6 Å². The van der Waals surface area contributed by atoms with Gasteiger partial charge in [-0.25, -0.2) is 19.0 Å². The van der Waals surface area contributed by atoms with Crippen molar-refractivity contribution < 1.29 is 9.13 Å². The Kier molecular flexibility index (Phi) is 3.97.